The standard InChI is InChI=1S/C20H18N6O/c1-12-7-14(11-27-12)10-26-18-4-3-15(8-16(18)13(2)25-26)24-20-19-17(9-23-20)21-5-6-22-19/h3-8,11H,9-10H2,1-2H3,(H,23,24). The summed E-state index contributed by atoms with van der Waals surface area (Å²) in [7, 11) is 0. The van der Waals surface area contributed by atoms with Gasteiger partial charge in [-0.2, -0.15) is 5.10 Å². The number of aryl methyl sites for hydroxylation is 2. The van der Waals surface area contributed by atoms with Gasteiger partial charge in [-0.1, -0.05) is 0 Å². The van der Waals surface area contributed by atoms with Crippen molar-refractivity contribution in [2.75, 3.05) is 5.32 Å². The van der Waals surface area contributed by atoms with E-state index in [1.807, 2.05) is 30.7 Å². The molecule has 4 aromatic rings. The van der Waals surface area contributed by atoms with Gasteiger partial charge in [-0.25, -0.2) is 4.98 Å². The van der Waals surface area contributed by atoms with E-state index in [1.165, 1.54) is 0 Å². The van der Waals surface area contributed by atoms with Gasteiger partial charge < -0.3 is 9.73 Å². The molecule has 1 aliphatic rings. The first-order chi connectivity index (χ1) is 13.2. The molecule has 0 radical (unpaired) electrons. The SMILES string of the molecule is Cc1cc(Cn2nc(C)c3cc(NC4=NCc5nccnc54)ccc32)co1. The molecule has 0 saturated heterocycles. The number of fused-ring (bicyclic) bond motifs is 2. The van der Waals surface area contributed by atoms with Crippen molar-refractivity contribution in [1.82, 2.24) is 19.7 Å². The van der Waals surface area contributed by atoms with Crippen molar-refractivity contribution < 1.29 is 4.42 Å². The van der Waals surface area contributed by atoms with Gasteiger partial charge in [0, 0.05) is 29.0 Å². The van der Waals surface area contributed by atoms with Crippen molar-refractivity contribution >= 4 is 22.4 Å². The molecule has 1 aliphatic heterocycles. The molecule has 7 nitrogen and oxygen atoms in total. The second kappa shape index (κ2) is 6.05. The number of benzene rings is 1. The van der Waals surface area contributed by atoms with E-state index in [2.05, 4.69) is 32.4 Å². The molecule has 1 N–H and O–H groups in total. The Morgan fingerprint density at radius 1 is 1.15 bits per heavy atom. The van der Waals surface area contributed by atoms with Gasteiger partial charge in [0.15, 0.2) is 5.84 Å². The number of hydrogen-bond acceptors (Lipinski definition) is 6. The van der Waals surface area contributed by atoms with Gasteiger partial charge >= 0.3 is 0 Å². The lowest BCUT2D eigenvalue weighted by molar-refractivity contribution is 0.529. The molecular weight excluding hydrogens is 340 g/mol. The lowest BCUT2D eigenvalue weighted by Crippen LogP contribution is -2.13. The molecule has 27 heavy (non-hydrogen) atoms. The van der Waals surface area contributed by atoms with Crippen molar-refractivity contribution in [3.8, 4) is 0 Å². The number of hydrogen-bond donors (Lipinski definition) is 1. The predicted octanol–water partition coefficient (Wildman–Crippen LogP) is 3.46. The highest BCUT2D eigenvalue weighted by Gasteiger charge is 2.18. The third kappa shape index (κ3) is 2.77. The Morgan fingerprint density at radius 2 is 2.04 bits per heavy atom. The molecule has 0 unspecified atom stereocenters. The fraction of sp³-hybridized carbons (Fsp3) is 0.200. The normalized spacial score (nSPS) is 13.0. The number of furan rings is 1. The van der Waals surface area contributed by atoms with Gasteiger partial charge in [0.2, 0.25) is 0 Å². The summed E-state index contributed by atoms with van der Waals surface area (Å²) >= 11 is 0. The van der Waals surface area contributed by atoms with E-state index in [1.54, 1.807) is 18.7 Å². The summed E-state index contributed by atoms with van der Waals surface area (Å²) in [5, 5.41) is 9.18. The maximum absolute atomic E-state index is 5.40. The van der Waals surface area contributed by atoms with Gasteiger partial charge in [0.1, 0.15) is 11.5 Å². The molecular formula is C20H18N6O. The lowest BCUT2D eigenvalue weighted by atomic mass is 10.2. The molecule has 134 valence electrons. The minimum Gasteiger partial charge on any atom is -0.469 e. The molecule has 7 heteroatoms. The summed E-state index contributed by atoms with van der Waals surface area (Å²) in [5.74, 6) is 1.67. The van der Waals surface area contributed by atoms with Crippen LogP contribution in [0, 0.1) is 13.8 Å². The van der Waals surface area contributed by atoms with E-state index in [0.29, 0.717) is 13.1 Å². The van der Waals surface area contributed by atoms with Crippen LogP contribution >= 0.6 is 0 Å². The predicted molar refractivity (Wildman–Crippen MR) is 103 cm³/mol. The first-order valence-corrected chi connectivity index (χ1v) is 8.80. The number of amidine groups is 1. The smallest absolute Gasteiger partial charge is 0.154 e. The van der Waals surface area contributed by atoms with Crippen molar-refractivity contribution in [2.24, 2.45) is 4.99 Å². The third-order valence-electron chi connectivity index (χ3n) is 4.70. The largest absolute Gasteiger partial charge is 0.469 e. The van der Waals surface area contributed by atoms with Crippen LogP contribution in [-0.2, 0) is 13.1 Å². The van der Waals surface area contributed by atoms with Gasteiger partial charge in [0.25, 0.3) is 0 Å². The molecule has 0 amide bonds. The minimum absolute atomic E-state index is 0.564. The van der Waals surface area contributed by atoms with Crippen LogP contribution in [-0.4, -0.2) is 25.6 Å². The fourth-order valence-corrected chi connectivity index (χ4v) is 3.44. The van der Waals surface area contributed by atoms with Gasteiger partial charge in [-0.15, -0.1) is 0 Å². The maximum Gasteiger partial charge on any atom is 0.154 e. The quantitative estimate of drug-likeness (QED) is 0.606. The van der Waals surface area contributed by atoms with Crippen LogP contribution in [0.25, 0.3) is 10.9 Å². The number of aromatic nitrogens is 4. The van der Waals surface area contributed by atoms with Crippen LogP contribution in [0.3, 0.4) is 0 Å². The highest BCUT2D eigenvalue weighted by Crippen LogP contribution is 2.25. The van der Waals surface area contributed by atoms with E-state index in [-0.39, 0.29) is 0 Å². The summed E-state index contributed by atoms with van der Waals surface area (Å²) in [6.45, 7) is 5.22. The zero-order valence-corrected chi connectivity index (χ0v) is 15.1. The monoisotopic (exact) mass is 358 g/mol. The van der Waals surface area contributed by atoms with Gasteiger partial charge in [-0.3, -0.25) is 14.7 Å². The highest BCUT2D eigenvalue weighted by molar-refractivity contribution is 6.09. The lowest BCUT2D eigenvalue weighted by Gasteiger charge is -2.07. The molecule has 1 aromatic carbocycles. The number of rotatable bonds is 3. The number of nitrogens with zero attached hydrogens (tertiary/aromatic N) is 5. The summed E-state index contributed by atoms with van der Waals surface area (Å²) in [6, 6.07) is 8.26. The van der Waals surface area contributed by atoms with Crippen molar-refractivity contribution in [3.63, 3.8) is 0 Å². The summed E-state index contributed by atoms with van der Waals surface area (Å²) < 4.78 is 7.41. The first-order valence-electron chi connectivity index (χ1n) is 8.80. The Hall–Kier alpha value is -3.48. The Morgan fingerprint density at radius 3 is 2.89 bits per heavy atom. The first kappa shape index (κ1) is 15.7. The van der Waals surface area contributed by atoms with E-state index in [4.69, 9.17) is 9.52 Å². The number of nitrogens with one attached hydrogen (secondary N) is 1. The molecule has 4 heterocycles. The Balaban J connectivity index is 1.45. The summed E-state index contributed by atoms with van der Waals surface area (Å²) in [4.78, 5) is 13.2. The van der Waals surface area contributed by atoms with Crippen molar-refractivity contribution in [3.05, 3.63) is 71.3 Å². The summed E-state index contributed by atoms with van der Waals surface area (Å²) in [5.41, 5.74) is 5.87. The highest BCUT2D eigenvalue weighted by atomic mass is 16.3. The molecule has 5 rings (SSSR count). The van der Waals surface area contributed by atoms with Crippen LogP contribution in [0.1, 0.15) is 28.4 Å². The molecule has 0 bridgehead atoms. The minimum atomic E-state index is 0.564. The molecule has 3 aromatic heterocycles. The van der Waals surface area contributed by atoms with Crippen molar-refractivity contribution in [1.29, 1.82) is 0 Å². The van der Waals surface area contributed by atoms with Crippen LogP contribution in [0.2, 0.25) is 0 Å². The fourth-order valence-electron chi connectivity index (χ4n) is 3.44. The van der Waals surface area contributed by atoms with Crippen LogP contribution in [0.4, 0.5) is 5.69 Å². The Kier molecular flexibility index (Phi) is 3.53. The average Bonchev–Trinajstić information content (AvgIpc) is 3.35. The Labute approximate surface area is 155 Å². The molecule has 0 atom stereocenters. The van der Waals surface area contributed by atoms with Crippen molar-refractivity contribution in [2.45, 2.75) is 26.9 Å². The molecule has 0 fully saturated rings. The van der Waals surface area contributed by atoms with E-state index in [9.17, 15) is 0 Å². The molecule has 0 spiro atoms. The maximum atomic E-state index is 5.40. The van der Waals surface area contributed by atoms with E-state index >= 15 is 0 Å². The molecule has 0 saturated carbocycles. The average molecular weight is 358 g/mol. The Bertz CT molecular complexity index is 1190. The van der Waals surface area contributed by atoms with Crippen LogP contribution in [0.5, 0.6) is 0 Å². The molecule has 0 aliphatic carbocycles. The van der Waals surface area contributed by atoms with Crippen LogP contribution < -0.4 is 5.32 Å². The number of aliphatic imine (C=N–C) groups is 1. The van der Waals surface area contributed by atoms with Gasteiger partial charge in [0.05, 0.1) is 36.3 Å². The van der Waals surface area contributed by atoms with Crippen LogP contribution in [0.15, 0.2) is 52.3 Å². The zero-order chi connectivity index (χ0) is 18.4. The number of anilines is 1. The van der Waals surface area contributed by atoms with E-state index in [0.717, 1.165) is 50.8 Å². The summed E-state index contributed by atoms with van der Waals surface area (Å²) in [6.07, 6.45) is 5.17. The van der Waals surface area contributed by atoms with E-state index < -0.39 is 0 Å². The third-order valence-corrected chi connectivity index (χ3v) is 4.70. The zero-order valence-electron chi connectivity index (χ0n) is 15.1. The second-order valence-corrected chi connectivity index (χ2v) is 6.68. The second-order valence-electron chi connectivity index (χ2n) is 6.68. The topological polar surface area (TPSA) is 81.1 Å². The van der Waals surface area contributed by atoms with Gasteiger partial charge in [-0.05, 0) is 38.1 Å².